The number of nitrogens with two attached hydrogens (primary N) is 1. The van der Waals surface area contributed by atoms with Gasteiger partial charge in [-0.05, 0) is 38.1 Å². The van der Waals surface area contributed by atoms with Crippen molar-refractivity contribution in [2.75, 3.05) is 20.3 Å². The van der Waals surface area contributed by atoms with Gasteiger partial charge in [-0.1, -0.05) is 6.42 Å². The van der Waals surface area contributed by atoms with E-state index in [2.05, 4.69) is 9.97 Å². The van der Waals surface area contributed by atoms with E-state index in [0.717, 1.165) is 6.54 Å². The van der Waals surface area contributed by atoms with Crippen LogP contribution in [0, 0.1) is 18.8 Å². The number of hydrogen-bond acceptors (Lipinski definition) is 5. The number of aryl methyl sites for hydroxylation is 1. The molecule has 0 aromatic carbocycles. The Balaban J connectivity index is 1.95. The summed E-state index contributed by atoms with van der Waals surface area (Å²) in [5, 5.41) is 0. The predicted molar refractivity (Wildman–Crippen MR) is 68.7 cm³/mol. The van der Waals surface area contributed by atoms with Gasteiger partial charge in [0.25, 0.3) is 0 Å². The van der Waals surface area contributed by atoms with E-state index in [1.54, 1.807) is 13.2 Å². The van der Waals surface area contributed by atoms with Gasteiger partial charge in [0.05, 0.1) is 19.8 Å². The summed E-state index contributed by atoms with van der Waals surface area (Å²) in [5.41, 5.74) is 5.76. The number of ether oxygens (including phenoxy) is 2. The molecule has 18 heavy (non-hydrogen) atoms. The number of rotatable bonds is 5. The monoisotopic (exact) mass is 251 g/mol. The normalized spacial score (nSPS) is 23.1. The first-order valence-corrected chi connectivity index (χ1v) is 6.45. The van der Waals surface area contributed by atoms with Crippen LogP contribution >= 0.6 is 0 Å². The quantitative estimate of drug-likeness (QED) is 0.859. The van der Waals surface area contributed by atoms with Gasteiger partial charge in [0.15, 0.2) is 0 Å². The van der Waals surface area contributed by atoms with Crippen molar-refractivity contribution in [2.45, 2.75) is 26.2 Å². The molecule has 0 amide bonds. The second-order valence-electron chi connectivity index (χ2n) is 4.79. The summed E-state index contributed by atoms with van der Waals surface area (Å²) >= 11 is 0. The topological polar surface area (TPSA) is 70.3 Å². The van der Waals surface area contributed by atoms with Crippen LogP contribution in [0.4, 0.5) is 0 Å². The smallest absolute Gasteiger partial charge is 0.220 e. The van der Waals surface area contributed by atoms with Crippen molar-refractivity contribution in [2.24, 2.45) is 17.6 Å². The van der Waals surface area contributed by atoms with Crippen LogP contribution in [0.1, 0.15) is 25.1 Å². The SMILES string of the molecule is COc1cc(OCC2CCCC2CN)nc(C)n1. The van der Waals surface area contributed by atoms with Gasteiger partial charge in [-0.3, -0.25) is 0 Å². The van der Waals surface area contributed by atoms with Gasteiger partial charge in [-0.15, -0.1) is 0 Å². The molecule has 2 rings (SSSR count). The highest BCUT2D eigenvalue weighted by Gasteiger charge is 2.26. The summed E-state index contributed by atoms with van der Waals surface area (Å²) in [7, 11) is 1.59. The van der Waals surface area contributed by atoms with E-state index in [9.17, 15) is 0 Å². The minimum atomic E-state index is 0.541. The summed E-state index contributed by atoms with van der Waals surface area (Å²) in [5.74, 6) is 2.93. The van der Waals surface area contributed by atoms with Gasteiger partial charge < -0.3 is 15.2 Å². The van der Waals surface area contributed by atoms with Gasteiger partial charge in [0.1, 0.15) is 5.82 Å². The Kier molecular flexibility index (Phi) is 4.36. The fourth-order valence-corrected chi connectivity index (χ4v) is 2.53. The molecule has 0 saturated heterocycles. The Morgan fingerprint density at radius 3 is 2.72 bits per heavy atom. The van der Waals surface area contributed by atoms with Crippen LogP contribution in [0.25, 0.3) is 0 Å². The van der Waals surface area contributed by atoms with Crippen molar-refractivity contribution in [1.29, 1.82) is 0 Å². The lowest BCUT2D eigenvalue weighted by Crippen LogP contribution is -2.23. The molecule has 0 radical (unpaired) electrons. The maximum Gasteiger partial charge on any atom is 0.220 e. The fourth-order valence-electron chi connectivity index (χ4n) is 2.53. The third-order valence-electron chi connectivity index (χ3n) is 3.56. The molecule has 1 aliphatic rings. The summed E-state index contributed by atoms with van der Waals surface area (Å²) in [6.07, 6.45) is 3.67. The van der Waals surface area contributed by atoms with E-state index >= 15 is 0 Å². The molecule has 2 atom stereocenters. The van der Waals surface area contributed by atoms with E-state index in [0.29, 0.717) is 36.0 Å². The summed E-state index contributed by atoms with van der Waals surface area (Å²) in [6.45, 7) is 3.26. The molecule has 1 saturated carbocycles. The Hall–Kier alpha value is -1.36. The Labute approximate surface area is 108 Å². The highest BCUT2D eigenvalue weighted by Crippen LogP contribution is 2.31. The minimum absolute atomic E-state index is 0.541. The molecule has 1 fully saturated rings. The molecule has 100 valence electrons. The third-order valence-corrected chi connectivity index (χ3v) is 3.56. The van der Waals surface area contributed by atoms with Crippen LogP contribution in [0.3, 0.4) is 0 Å². The predicted octanol–water partition coefficient (Wildman–Crippen LogP) is 1.55. The molecule has 1 aromatic rings. The van der Waals surface area contributed by atoms with E-state index in [4.69, 9.17) is 15.2 Å². The lowest BCUT2D eigenvalue weighted by atomic mass is 9.97. The molecular formula is C13H21N3O2. The van der Waals surface area contributed by atoms with Crippen LogP contribution in [0.5, 0.6) is 11.8 Å². The summed E-state index contributed by atoms with van der Waals surface area (Å²) in [4.78, 5) is 8.38. The number of hydrogen-bond donors (Lipinski definition) is 1. The average molecular weight is 251 g/mol. The average Bonchev–Trinajstić information content (AvgIpc) is 2.83. The van der Waals surface area contributed by atoms with Crippen LogP contribution in [0.2, 0.25) is 0 Å². The van der Waals surface area contributed by atoms with Gasteiger partial charge in [0.2, 0.25) is 11.8 Å². The molecule has 1 aromatic heterocycles. The third kappa shape index (κ3) is 3.10. The zero-order valence-electron chi connectivity index (χ0n) is 11.1. The second kappa shape index (κ2) is 6.00. The lowest BCUT2D eigenvalue weighted by molar-refractivity contribution is 0.208. The van der Waals surface area contributed by atoms with Crippen LogP contribution in [-0.2, 0) is 0 Å². The van der Waals surface area contributed by atoms with E-state index in [-0.39, 0.29) is 0 Å². The first-order valence-electron chi connectivity index (χ1n) is 6.45. The molecule has 2 unspecified atom stereocenters. The van der Waals surface area contributed by atoms with Crippen LogP contribution in [-0.4, -0.2) is 30.2 Å². The molecule has 2 N–H and O–H groups in total. The van der Waals surface area contributed by atoms with Gasteiger partial charge in [-0.25, -0.2) is 0 Å². The fraction of sp³-hybridized carbons (Fsp3) is 0.692. The maximum absolute atomic E-state index is 5.76. The molecule has 1 heterocycles. The highest BCUT2D eigenvalue weighted by molar-refractivity contribution is 5.20. The van der Waals surface area contributed by atoms with Gasteiger partial charge >= 0.3 is 0 Å². The largest absolute Gasteiger partial charge is 0.481 e. The zero-order chi connectivity index (χ0) is 13.0. The van der Waals surface area contributed by atoms with Crippen molar-refractivity contribution in [3.05, 3.63) is 11.9 Å². The van der Waals surface area contributed by atoms with E-state index < -0.39 is 0 Å². The van der Waals surface area contributed by atoms with Gasteiger partial charge in [0, 0.05) is 0 Å². The summed E-state index contributed by atoms with van der Waals surface area (Å²) < 4.78 is 10.9. The molecule has 0 spiro atoms. The lowest BCUT2D eigenvalue weighted by Gasteiger charge is -2.18. The molecular weight excluding hydrogens is 230 g/mol. The Morgan fingerprint density at radius 1 is 1.28 bits per heavy atom. The van der Waals surface area contributed by atoms with E-state index in [1.165, 1.54) is 19.3 Å². The number of methoxy groups -OCH3 is 1. The highest BCUT2D eigenvalue weighted by atomic mass is 16.5. The minimum Gasteiger partial charge on any atom is -0.481 e. The van der Waals surface area contributed by atoms with Crippen molar-refractivity contribution < 1.29 is 9.47 Å². The van der Waals surface area contributed by atoms with Crippen molar-refractivity contribution in [1.82, 2.24) is 9.97 Å². The standard InChI is InChI=1S/C13H21N3O2/c1-9-15-12(17-2)6-13(16-9)18-8-11-5-3-4-10(11)7-14/h6,10-11H,3-5,7-8,14H2,1-2H3. The second-order valence-corrected chi connectivity index (χ2v) is 4.79. The van der Waals surface area contributed by atoms with Gasteiger partial charge in [-0.2, -0.15) is 9.97 Å². The molecule has 0 bridgehead atoms. The molecule has 5 nitrogen and oxygen atoms in total. The number of aromatic nitrogens is 2. The zero-order valence-corrected chi connectivity index (χ0v) is 11.1. The Morgan fingerprint density at radius 2 is 2.00 bits per heavy atom. The molecule has 5 heteroatoms. The van der Waals surface area contributed by atoms with Crippen molar-refractivity contribution in [3.63, 3.8) is 0 Å². The van der Waals surface area contributed by atoms with Crippen LogP contribution < -0.4 is 15.2 Å². The first-order chi connectivity index (χ1) is 8.72. The van der Waals surface area contributed by atoms with E-state index in [1.807, 2.05) is 6.92 Å². The summed E-state index contributed by atoms with van der Waals surface area (Å²) in [6, 6.07) is 1.72. The van der Waals surface area contributed by atoms with Crippen molar-refractivity contribution >= 4 is 0 Å². The van der Waals surface area contributed by atoms with Crippen LogP contribution in [0.15, 0.2) is 6.07 Å². The molecule has 1 aliphatic carbocycles. The first kappa shape index (κ1) is 13.1. The molecule has 0 aliphatic heterocycles. The maximum atomic E-state index is 5.76. The van der Waals surface area contributed by atoms with Crippen molar-refractivity contribution in [3.8, 4) is 11.8 Å². The Bertz CT molecular complexity index is 398. The number of nitrogens with zero attached hydrogens (tertiary/aromatic N) is 2.